The fraction of sp³-hybridized carbons (Fsp3) is 0.222. The quantitative estimate of drug-likeness (QED) is 0.622. The Morgan fingerprint density at radius 2 is 2.19 bits per heavy atom. The molecule has 0 bridgehead atoms. The highest BCUT2D eigenvalue weighted by Gasteiger charge is 2.19. The maximum atomic E-state index is 13.1. The SMILES string of the molecule is C[C@H](OC(=O)CCc1nc(-c2cccs2)no1)C(=O)Nc1cccc(F)c1. The zero-order valence-corrected chi connectivity index (χ0v) is 15.2. The third-order valence-corrected chi connectivity index (χ3v) is 4.39. The predicted molar refractivity (Wildman–Crippen MR) is 96.5 cm³/mol. The average molecular weight is 389 g/mol. The molecule has 0 spiro atoms. The van der Waals surface area contributed by atoms with Crippen LogP contribution in [0.1, 0.15) is 19.2 Å². The number of hydrogen-bond acceptors (Lipinski definition) is 7. The van der Waals surface area contributed by atoms with Crippen molar-refractivity contribution in [3.8, 4) is 10.7 Å². The summed E-state index contributed by atoms with van der Waals surface area (Å²) in [4.78, 5) is 29.0. The van der Waals surface area contributed by atoms with E-state index in [1.54, 1.807) is 0 Å². The van der Waals surface area contributed by atoms with Gasteiger partial charge in [-0.25, -0.2) is 4.39 Å². The van der Waals surface area contributed by atoms with Crippen molar-refractivity contribution in [3.05, 3.63) is 53.5 Å². The molecule has 0 saturated carbocycles. The minimum atomic E-state index is -1.02. The number of halogens is 1. The van der Waals surface area contributed by atoms with Crippen LogP contribution in [-0.4, -0.2) is 28.1 Å². The number of nitrogens with one attached hydrogen (secondary N) is 1. The Bertz CT molecular complexity index is 926. The Kier molecular flexibility index (Phi) is 5.92. The zero-order chi connectivity index (χ0) is 19.2. The van der Waals surface area contributed by atoms with Crippen LogP contribution in [0.2, 0.25) is 0 Å². The summed E-state index contributed by atoms with van der Waals surface area (Å²) in [7, 11) is 0. The number of anilines is 1. The first-order valence-electron chi connectivity index (χ1n) is 8.13. The maximum absolute atomic E-state index is 13.1. The minimum absolute atomic E-state index is 0.0103. The monoisotopic (exact) mass is 389 g/mol. The van der Waals surface area contributed by atoms with Crippen LogP contribution in [0.25, 0.3) is 10.7 Å². The summed E-state index contributed by atoms with van der Waals surface area (Å²) < 4.78 is 23.3. The van der Waals surface area contributed by atoms with Gasteiger partial charge in [-0.1, -0.05) is 17.3 Å². The van der Waals surface area contributed by atoms with Crippen LogP contribution in [-0.2, 0) is 20.7 Å². The molecule has 3 rings (SSSR count). The molecule has 0 unspecified atom stereocenters. The Labute approximate surface area is 158 Å². The summed E-state index contributed by atoms with van der Waals surface area (Å²) in [6.45, 7) is 1.44. The Morgan fingerprint density at radius 1 is 1.33 bits per heavy atom. The van der Waals surface area contributed by atoms with Crippen molar-refractivity contribution >= 4 is 28.9 Å². The maximum Gasteiger partial charge on any atom is 0.307 e. The van der Waals surface area contributed by atoms with Gasteiger partial charge >= 0.3 is 5.97 Å². The van der Waals surface area contributed by atoms with Crippen molar-refractivity contribution in [2.24, 2.45) is 0 Å². The lowest BCUT2D eigenvalue weighted by molar-refractivity contribution is -0.153. The summed E-state index contributed by atoms with van der Waals surface area (Å²) in [5, 5.41) is 8.24. The van der Waals surface area contributed by atoms with Gasteiger partial charge in [-0.15, -0.1) is 11.3 Å². The van der Waals surface area contributed by atoms with E-state index in [4.69, 9.17) is 9.26 Å². The largest absolute Gasteiger partial charge is 0.453 e. The molecule has 0 aliphatic heterocycles. The Hall–Kier alpha value is -3.07. The van der Waals surface area contributed by atoms with Gasteiger partial charge in [0.15, 0.2) is 6.10 Å². The van der Waals surface area contributed by atoms with Crippen molar-refractivity contribution in [2.45, 2.75) is 25.9 Å². The van der Waals surface area contributed by atoms with E-state index >= 15 is 0 Å². The van der Waals surface area contributed by atoms with Gasteiger partial charge in [-0.2, -0.15) is 4.98 Å². The smallest absolute Gasteiger partial charge is 0.307 e. The second-order valence-corrected chi connectivity index (χ2v) is 6.57. The number of esters is 1. The van der Waals surface area contributed by atoms with Crippen molar-refractivity contribution in [2.75, 3.05) is 5.32 Å². The summed E-state index contributed by atoms with van der Waals surface area (Å²) in [5.41, 5.74) is 0.287. The molecule has 2 aromatic heterocycles. The van der Waals surface area contributed by atoms with Crippen LogP contribution in [0, 0.1) is 5.82 Å². The number of aryl methyl sites for hydroxylation is 1. The molecule has 140 valence electrons. The molecule has 0 aliphatic carbocycles. The first-order valence-corrected chi connectivity index (χ1v) is 9.01. The van der Waals surface area contributed by atoms with E-state index in [1.165, 1.54) is 42.5 Å². The van der Waals surface area contributed by atoms with E-state index in [1.807, 2.05) is 17.5 Å². The number of hydrogen-bond donors (Lipinski definition) is 1. The highest BCUT2D eigenvalue weighted by Crippen LogP contribution is 2.21. The highest BCUT2D eigenvalue weighted by atomic mass is 32.1. The number of amides is 1. The molecule has 3 aromatic rings. The molecular weight excluding hydrogens is 373 g/mol. The van der Waals surface area contributed by atoms with Crippen LogP contribution in [0.5, 0.6) is 0 Å². The van der Waals surface area contributed by atoms with Crippen molar-refractivity contribution in [1.29, 1.82) is 0 Å². The molecule has 2 heterocycles. The van der Waals surface area contributed by atoms with Gasteiger partial charge in [0.05, 0.1) is 11.3 Å². The van der Waals surface area contributed by atoms with Gasteiger partial charge in [0.1, 0.15) is 5.82 Å². The standard InChI is InChI=1S/C18H16FN3O4S/c1-11(18(24)20-13-5-2-4-12(19)10-13)25-16(23)8-7-15-21-17(22-26-15)14-6-3-9-27-14/h2-6,9-11H,7-8H2,1H3,(H,20,24)/t11-/m0/s1. The summed E-state index contributed by atoms with van der Waals surface area (Å²) in [5.74, 6) is -0.818. The zero-order valence-electron chi connectivity index (χ0n) is 14.3. The summed E-state index contributed by atoms with van der Waals surface area (Å²) >= 11 is 1.48. The number of rotatable bonds is 7. The first kappa shape index (κ1) is 18.7. The van der Waals surface area contributed by atoms with E-state index in [2.05, 4.69) is 15.5 Å². The number of nitrogens with zero attached hydrogens (tertiary/aromatic N) is 2. The molecule has 9 heteroatoms. The molecule has 1 amide bonds. The van der Waals surface area contributed by atoms with E-state index < -0.39 is 23.8 Å². The molecule has 27 heavy (non-hydrogen) atoms. The molecule has 1 aromatic carbocycles. The second-order valence-electron chi connectivity index (χ2n) is 5.62. The first-order chi connectivity index (χ1) is 13.0. The van der Waals surface area contributed by atoms with E-state index in [-0.39, 0.29) is 18.5 Å². The van der Waals surface area contributed by atoms with Gasteiger partial charge in [0, 0.05) is 12.1 Å². The molecule has 1 atom stereocenters. The molecule has 0 fully saturated rings. The van der Waals surface area contributed by atoms with Gasteiger partial charge < -0.3 is 14.6 Å². The van der Waals surface area contributed by atoms with E-state index in [9.17, 15) is 14.0 Å². The van der Waals surface area contributed by atoms with Gasteiger partial charge in [-0.05, 0) is 36.6 Å². The third kappa shape index (κ3) is 5.20. The lowest BCUT2D eigenvalue weighted by Gasteiger charge is -2.13. The van der Waals surface area contributed by atoms with Crippen LogP contribution in [0.3, 0.4) is 0 Å². The summed E-state index contributed by atoms with van der Waals surface area (Å²) in [6.07, 6.45) is -0.829. The number of aromatic nitrogens is 2. The van der Waals surface area contributed by atoms with Crippen LogP contribution >= 0.6 is 11.3 Å². The third-order valence-electron chi connectivity index (χ3n) is 3.52. The molecule has 1 N–H and O–H groups in total. The fourth-order valence-corrected chi connectivity index (χ4v) is 2.84. The number of thiophene rings is 1. The Morgan fingerprint density at radius 3 is 2.93 bits per heavy atom. The number of carbonyl (C=O) groups excluding carboxylic acids is 2. The normalized spacial score (nSPS) is 11.8. The van der Waals surface area contributed by atoms with Crippen molar-refractivity contribution < 1.29 is 23.2 Å². The number of benzene rings is 1. The number of carbonyl (C=O) groups is 2. The van der Waals surface area contributed by atoms with Crippen LogP contribution in [0.15, 0.2) is 46.3 Å². The Balaban J connectivity index is 1.46. The molecule has 0 saturated heterocycles. The van der Waals surface area contributed by atoms with Gasteiger partial charge in [0.25, 0.3) is 5.91 Å². The summed E-state index contributed by atoms with van der Waals surface area (Å²) in [6, 6.07) is 9.19. The highest BCUT2D eigenvalue weighted by molar-refractivity contribution is 7.13. The van der Waals surface area contributed by atoms with E-state index in [0.29, 0.717) is 11.7 Å². The van der Waals surface area contributed by atoms with Crippen LogP contribution < -0.4 is 5.32 Å². The van der Waals surface area contributed by atoms with Gasteiger partial charge in [-0.3, -0.25) is 9.59 Å². The van der Waals surface area contributed by atoms with Crippen molar-refractivity contribution in [3.63, 3.8) is 0 Å². The molecule has 0 radical (unpaired) electrons. The van der Waals surface area contributed by atoms with Crippen LogP contribution in [0.4, 0.5) is 10.1 Å². The molecule has 7 nitrogen and oxygen atoms in total. The van der Waals surface area contributed by atoms with Crippen molar-refractivity contribution in [1.82, 2.24) is 10.1 Å². The molecule has 0 aliphatic rings. The predicted octanol–water partition coefficient (Wildman–Crippen LogP) is 3.44. The fourth-order valence-electron chi connectivity index (χ4n) is 2.19. The number of ether oxygens (including phenoxy) is 1. The minimum Gasteiger partial charge on any atom is -0.453 e. The average Bonchev–Trinajstić information content (AvgIpc) is 3.31. The van der Waals surface area contributed by atoms with Gasteiger partial charge in [0.2, 0.25) is 11.7 Å². The lowest BCUT2D eigenvalue weighted by Crippen LogP contribution is -2.30. The van der Waals surface area contributed by atoms with E-state index in [0.717, 1.165) is 4.88 Å². The topological polar surface area (TPSA) is 94.3 Å². The lowest BCUT2D eigenvalue weighted by atomic mass is 10.3. The second kappa shape index (κ2) is 8.54. The molecular formula is C18H16FN3O4S.